The van der Waals surface area contributed by atoms with Gasteiger partial charge in [0.2, 0.25) is 0 Å². The van der Waals surface area contributed by atoms with Gasteiger partial charge in [-0.1, -0.05) is 6.42 Å². The van der Waals surface area contributed by atoms with E-state index in [9.17, 15) is 0 Å². The van der Waals surface area contributed by atoms with E-state index in [0.717, 1.165) is 50.6 Å². The van der Waals surface area contributed by atoms with Crippen molar-refractivity contribution in [3.8, 4) is 0 Å². The highest BCUT2D eigenvalue weighted by atomic mass is 16.5. The SMILES string of the molecule is NC(=NCc1nnc2n1CCCCC2)NCC1CCCO1. The summed E-state index contributed by atoms with van der Waals surface area (Å²) >= 11 is 0. The third-order valence-electron chi connectivity index (χ3n) is 4.11. The molecule has 3 heterocycles. The Morgan fingerprint density at radius 1 is 1.33 bits per heavy atom. The average Bonchev–Trinajstić information content (AvgIpc) is 3.08. The van der Waals surface area contributed by atoms with Crippen molar-refractivity contribution < 1.29 is 4.74 Å². The van der Waals surface area contributed by atoms with Gasteiger partial charge in [0, 0.05) is 26.1 Å². The van der Waals surface area contributed by atoms with E-state index in [1.807, 2.05) is 0 Å². The normalized spacial score (nSPS) is 22.9. The number of ether oxygens (including phenoxy) is 1. The first-order valence-electron chi connectivity index (χ1n) is 7.89. The molecule has 0 aliphatic carbocycles. The lowest BCUT2D eigenvalue weighted by Gasteiger charge is -2.11. The van der Waals surface area contributed by atoms with Gasteiger partial charge < -0.3 is 20.4 Å². The molecule has 0 amide bonds. The van der Waals surface area contributed by atoms with Crippen molar-refractivity contribution in [1.82, 2.24) is 20.1 Å². The zero-order valence-electron chi connectivity index (χ0n) is 12.4. The second-order valence-corrected chi connectivity index (χ2v) is 5.71. The van der Waals surface area contributed by atoms with Crippen LogP contribution in [-0.2, 0) is 24.2 Å². The minimum atomic E-state index is 0.267. The van der Waals surface area contributed by atoms with Gasteiger partial charge in [0.15, 0.2) is 11.8 Å². The molecule has 2 aliphatic heterocycles. The summed E-state index contributed by atoms with van der Waals surface area (Å²) in [5.41, 5.74) is 5.90. The number of hydrogen-bond acceptors (Lipinski definition) is 4. The Bertz CT molecular complexity index is 492. The summed E-state index contributed by atoms with van der Waals surface area (Å²) in [6, 6.07) is 0. The topological polar surface area (TPSA) is 90.4 Å². The smallest absolute Gasteiger partial charge is 0.189 e. The highest BCUT2D eigenvalue weighted by Crippen LogP contribution is 2.14. The third kappa shape index (κ3) is 3.72. The van der Waals surface area contributed by atoms with Gasteiger partial charge in [-0.15, -0.1) is 10.2 Å². The molecule has 0 radical (unpaired) electrons. The Balaban J connectivity index is 1.53. The van der Waals surface area contributed by atoms with Crippen LogP contribution in [0.5, 0.6) is 0 Å². The molecular formula is C14H24N6O. The third-order valence-corrected chi connectivity index (χ3v) is 4.11. The van der Waals surface area contributed by atoms with Crippen LogP contribution in [0.25, 0.3) is 0 Å². The molecule has 1 atom stereocenters. The lowest BCUT2D eigenvalue weighted by molar-refractivity contribution is 0.114. The van der Waals surface area contributed by atoms with Crippen molar-refractivity contribution in [2.75, 3.05) is 13.2 Å². The predicted octanol–water partition coefficient (Wildman–Crippen LogP) is 0.588. The second kappa shape index (κ2) is 6.89. The van der Waals surface area contributed by atoms with Crippen LogP contribution in [0.2, 0.25) is 0 Å². The van der Waals surface area contributed by atoms with Gasteiger partial charge in [-0.05, 0) is 25.7 Å². The minimum Gasteiger partial charge on any atom is -0.376 e. The molecule has 1 fully saturated rings. The van der Waals surface area contributed by atoms with Crippen LogP contribution in [0.1, 0.15) is 43.8 Å². The number of aliphatic imine (C=N–C) groups is 1. The van der Waals surface area contributed by atoms with E-state index in [4.69, 9.17) is 10.5 Å². The maximum absolute atomic E-state index is 5.90. The molecule has 3 rings (SSSR count). The van der Waals surface area contributed by atoms with E-state index in [1.165, 1.54) is 19.3 Å². The van der Waals surface area contributed by atoms with Gasteiger partial charge in [0.1, 0.15) is 12.4 Å². The molecule has 2 aliphatic rings. The summed E-state index contributed by atoms with van der Waals surface area (Å²) in [5, 5.41) is 11.6. The van der Waals surface area contributed by atoms with E-state index < -0.39 is 0 Å². The van der Waals surface area contributed by atoms with Gasteiger partial charge in [0.25, 0.3) is 0 Å². The Hall–Kier alpha value is -1.63. The number of nitrogens with two attached hydrogens (primary N) is 1. The van der Waals surface area contributed by atoms with Crippen LogP contribution < -0.4 is 11.1 Å². The van der Waals surface area contributed by atoms with Crippen molar-refractivity contribution >= 4 is 5.96 Å². The monoisotopic (exact) mass is 292 g/mol. The standard InChI is InChI=1S/C14H24N6O/c15-14(16-9-11-5-4-8-21-11)17-10-13-19-18-12-6-2-1-3-7-20(12)13/h11H,1-10H2,(H3,15,16,17). The average molecular weight is 292 g/mol. The maximum atomic E-state index is 5.90. The summed E-state index contributed by atoms with van der Waals surface area (Å²) in [4.78, 5) is 4.37. The second-order valence-electron chi connectivity index (χ2n) is 5.71. The number of fused-ring (bicyclic) bond motifs is 1. The van der Waals surface area contributed by atoms with E-state index in [2.05, 4.69) is 25.1 Å². The predicted molar refractivity (Wildman–Crippen MR) is 79.9 cm³/mol. The summed E-state index contributed by atoms with van der Waals surface area (Å²) in [6.45, 7) is 3.07. The zero-order valence-corrected chi connectivity index (χ0v) is 12.4. The van der Waals surface area contributed by atoms with Crippen molar-refractivity contribution in [3.63, 3.8) is 0 Å². The van der Waals surface area contributed by atoms with Gasteiger partial charge in [-0.25, -0.2) is 4.99 Å². The Labute approximate surface area is 125 Å². The molecule has 1 unspecified atom stereocenters. The van der Waals surface area contributed by atoms with E-state index in [0.29, 0.717) is 12.5 Å². The van der Waals surface area contributed by atoms with Gasteiger partial charge >= 0.3 is 0 Å². The van der Waals surface area contributed by atoms with E-state index in [-0.39, 0.29) is 6.10 Å². The number of guanidine groups is 1. The number of rotatable bonds is 4. The van der Waals surface area contributed by atoms with Crippen molar-refractivity contribution in [3.05, 3.63) is 11.6 Å². The maximum Gasteiger partial charge on any atom is 0.189 e. The lowest BCUT2D eigenvalue weighted by atomic mass is 10.2. The largest absolute Gasteiger partial charge is 0.376 e. The molecule has 0 spiro atoms. The molecule has 0 saturated carbocycles. The molecule has 21 heavy (non-hydrogen) atoms. The fourth-order valence-electron chi connectivity index (χ4n) is 2.90. The molecule has 0 aromatic carbocycles. The first-order chi connectivity index (χ1) is 10.3. The lowest BCUT2D eigenvalue weighted by Crippen LogP contribution is -2.37. The molecular weight excluding hydrogens is 268 g/mol. The quantitative estimate of drug-likeness (QED) is 0.626. The molecule has 1 aromatic rings. The molecule has 116 valence electrons. The summed E-state index contributed by atoms with van der Waals surface area (Å²) < 4.78 is 7.74. The Morgan fingerprint density at radius 3 is 3.14 bits per heavy atom. The highest BCUT2D eigenvalue weighted by Gasteiger charge is 2.16. The summed E-state index contributed by atoms with van der Waals surface area (Å²) in [5.74, 6) is 2.45. The first-order valence-corrected chi connectivity index (χ1v) is 7.89. The minimum absolute atomic E-state index is 0.267. The van der Waals surface area contributed by atoms with Crippen LogP contribution in [0, 0.1) is 0 Å². The van der Waals surface area contributed by atoms with Crippen LogP contribution in [0.15, 0.2) is 4.99 Å². The van der Waals surface area contributed by atoms with E-state index in [1.54, 1.807) is 0 Å². The highest BCUT2D eigenvalue weighted by molar-refractivity contribution is 5.77. The molecule has 7 heteroatoms. The molecule has 3 N–H and O–H groups in total. The van der Waals surface area contributed by atoms with Crippen molar-refractivity contribution in [1.29, 1.82) is 0 Å². The summed E-state index contributed by atoms with van der Waals surface area (Å²) in [6.07, 6.45) is 7.16. The van der Waals surface area contributed by atoms with Gasteiger partial charge in [-0.3, -0.25) is 0 Å². The number of aromatic nitrogens is 3. The van der Waals surface area contributed by atoms with Crippen molar-refractivity contribution in [2.45, 2.75) is 57.7 Å². The fourth-order valence-corrected chi connectivity index (χ4v) is 2.90. The fraction of sp³-hybridized carbons (Fsp3) is 0.786. The molecule has 1 saturated heterocycles. The van der Waals surface area contributed by atoms with Crippen molar-refractivity contribution in [2.24, 2.45) is 10.7 Å². The first kappa shape index (κ1) is 14.3. The van der Waals surface area contributed by atoms with Crippen LogP contribution in [0.3, 0.4) is 0 Å². The Morgan fingerprint density at radius 2 is 2.29 bits per heavy atom. The van der Waals surface area contributed by atoms with Crippen LogP contribution >= 0.6 is 0 Å². The van der Waals surface area contributed by atoms with Crippen LogP contribution in [-0.4, -0.2) is 40.0 Å². The number of aryl methyl sites for hydroxylation is 1. The molecule has 7 nitrogen and oxygen atoms in total. The zero-order chi connectivity index (χ0) is 14.5. The number of nitrogens with zero attached hydrogens (tertiary/aromatic N) is 4. The number of hydrogen-bond donors (Lipinski definition) is 2. The molecule has 0 bridgehead atoms. The van der Waals surface area contributed by atoms with Gasteiger partial charge in [-0.2, -0.15) is 0 Å². The molecule has 1 aromatic heterocycles. The summed E-state index contributed by atoms with van der Waals surface area (Å²) in [7, 11) is 0. The number of nitrogens with one attached hydrogen (secondary N) is 1. The van der Waals surface area contributed by atoms with Crippen LogP contribution in [0.4, 0.5) is 0 Å². The van der Waals surface area contributed by atoms with Gasteiger partial charge in [0.05, 0.1) is 6.10 Å². The van der Waals surface area contributed by atoms with E-state index >= 15 is 0 Å². The Kier molecular flexibility index (Phi) is 4.69.